The summed E-state index contributed by atoms with van der Waals surface area (Å²) < 4.78 is 0. The number of aliphatic hydroxyl groups excluding tert-OH is 2. The van der Waals surface area contributed by atoms with Gasteiger partial charge in [0.15, 0.2) is 0 Å². The summed E-state index contributed by atoms with van der Waals surface area (Å²) in [6.07, 6.45) is -0.763. The summed E-state index contributed by atoms with van der Waals surface area (Å²) in [5, 5.41) is 19.8. The zero-order valence-corrected chi connectivity index (χ0v) is 6.49. The lowest BCUT2D eigenvalue weighted by molar-refractivity contribution is -0.137. The first kappa shape index (κ1) is 9.15. The molecule has 12 heavy (non-hydrogen) atoms. The first-order valence-corrected chi connectivity index (χ1v) is 3.75. The molecule has 0 unspecified atom stereocenters. The number of hydrogen-bond donors (Lipinski definition) is 3. The van der Waals surface area contributed by atoms with Crippen LogP contribution in [-0.4, -0.2) is 34.7 Å². The first-order valence-electron chi connectivity index (χ1n) is 3.75. The fraction of sp³-hybridized carbons (Fsp3) is 0.714. The van der Waals surface area contributed by atoms with Crippen LogP contribution in [0.5, 0.6) is 0 Å². The van der Waals surface area contributed by atoms with Gasteiger partial charge < -0.3 is 10.2 Å². The second-order valence-electron chi connectivity index (χ2n) is 2.89. The third kappa shape index (κ3) is 2.02. The van der Waals surface area contributed by atoms with E-state index in [9.17, 15) is 9.59 Å². The molecule has 1 aliphatic heterocycles. The van der Waals surface area contributed by atoms with Gasteiger partial charge >= 0.3 is 0 Å². The summed E-state index contributed by atoms with van der Waals surface area (Å²) in [7, 11) is 0. The maximum absolute atomic E-state index is 10.8. The summed E-state index contributed by atoms with van der Waals surface area (Å²) in [6, 6.07) is 0. The highest BCUT2D eigenvalue weighted by Crippen LogP contribution is 2.17. The van der Waals surface area contributed by atoms with Gasteiger partial charge in [0, 0.05) is 18.8 Å². The molecule has 5 nitrogen and oxygen atoms in total. The molecule has 68 valence electrons. The number of piperidine rings is 1. The summed E-state index contributed by atoms with van der Waals surface area (Å²) in [5.41, 5.74) is 0. The van der Waals surface area contributed by atoms with Crippen molar-refractivity contribution in [2.75, 3.05) is 6.61 Å². The van der Waals surface area contributed by atoms with Crippen molar-refractivity contribution in [3.63, 3.8) is 0 Å². The lowest BCUT2D eigenvalue weighted by Gasteiger charge is -2.23. The number of aliphatic hydroxyl groups is 2. The van der Waals surface area contributed by atoms with Crippen molar-refractivity contribution < 1.29 is 19.8 Å². The molecular weight excluding hydrogens is 162 g/mol. The Morgan fingerprint density at radius 3 is 2.33 bits per heavy atom. The van der Waals surface area contributed by atoms with Crippen molar-refractivity contribution in [3.05, 3.63) is 0 Å². The molecular formula is C7H11NO4. The molecule has 5 heteroatoms. The first-order chi connectivity index (χ1) is 5.63. The highest BCUT2D eigenvalue weighted by Gasteiger charge is 2.29. The Morgan fingerprint density at radius 2 is 1.92 bits per heavy atom. The largest absolute Gasteiger partial charge is 0.394 e. The number of carbonyl (C=O) groups excluding carboxylic acids is 2. The van der Waals surface area contributed by atoms with Gasteiger partial charge in [0.2, 0.25) is 11.8 Å². The van der Waals surface area contributed by atoms with Crippen molar-refractivity contribution >= 4 is 11.8 Å². The number of imide groups is 1. The van der Waals surface area contributed by atoms with E-state index in [2.05, 4.69) is 5.32 Å². The summed E-state index contributed by atoms with van der Waals surface area (Å²) in [6.45, 7) is -0.411. The van der Waals surface area contributed by atoms with E-state index in [0.29, 0.717) is 0 Å². The Morgan fingerprint density at radius 1 is 1.42 bits per heavy atom. The standard InChI is InChI=1S/C7H11NO4/c9-3-5(10)4-1-6(11)8-7(12)2-4/h4-5,9-10H,1-3H2,(H,8,11,12)/t5-/m1/s1. The second kappa shape index (κ2) is 3.64. The van der Waals surface area contributed by atoms with E-state index < -0.39 is 18.6 Å². The number of amides is 2. The topological polar surface area (TPSA) is 86.6 Å². The van der Waals surface area contributed by atoms with E-state index in [4.69, 9.17) is 10.2 Å². The van der Waals surface area contributed by atoms with Crippen LogP contribution in [0.4, 0.5) is 0 Å². The van der Waals surface area contributed by atoms with E-state index in [1.165, 1.54) is 0 Å². The van der Waals surface area contributed by atoms with Crippen LogP contribution in [0.25, 0.3) is 0 Å². The predicted molar refractivity (Wildman–Crippen MR) is 39.0 cm³/mol. The third-order valence-electron chi connectivity index (χ3n) is 1.91. The molecule has 2 amide bonds. The number of hydrogen-bond acceptors (Lipinski definition) is 4. The minimum absolute atomic E-state index is 0.105. The Labute approximate surface area is 69.4 Å². The van der Waals surface area contributed by atoms with Gasteiger partial charge in [-0.1, -0.05) is 0 Å². The normalized spacial score (nSPS) is 22.2. The van der Waals surface area contributed by atoms with Crippen molar-refractivity contribution in [2.24, 2.45) is 5.92 Å². The fourth-order valence-corrected chi connectivity index (χ4v) is 1.23. The van der Waals surface area contributed by atoms with Crippen LogP contribution in [-0.2, 0) is 9.59 Å². The predicted octanol–water partition coefficient (Wildman–Crippen LogP) is -1.61. The molecule has 1 atom stereocenters. The van der Waals surface area contributed by atoms with Gasteiger partial charge in [0.25, 0.3) is 0 Å². The Hall–Kier alpha value is -0.940. The monoisotopic (exact) mass is 173 g/mol. The molecule has 0 bridgehead atoms. The van der Waals surface area contributed by atoms with Crippen LogP contribution in [0.3, 0.4) is 0 Å². The lowest BCUT2D eigenvalue weighted by Crippen LogP contribution is -2.43. The number of nitrogens with one attached hydrogen (secondary N) is 1. The molecule has 0 spiro atoms. The van der Waals surface area contributed by atoms with E-state index in [0.717, 1.165) is 0 Å². The molecule has 3 N–H and O–H groups in total. The van der Waals surface area contributed by atoms with Crippen molar-refractivity contribution in [1.82, 2.24) is 5.32 Å². The molecule has 0 radical (unpaired) electrons. The van der Waals surface area contributed by atoms with Gasteiger partial charge in [-0.2, -0.15) is 0 Å². The zero-order valence-electron chi connectivity index (χ0n) is 6.49. The maximum atomic E-state index is 10.8. The average Bonchev–Trinajstić information content (AvgIpc) is 2.01. The summed E-state index contributed by atoms with van der Waals surface area (Å²) >= 11 is 0. The Kier molecular flexibility index (Phi) is 2.78. The van der Waals surface area contributed by atoms with E-state index in [-0.39, 0.29) is 24.7 Å². The van der Waals surface area contributed by atoms with Crippen LogP contribution in [0.1, 0.15) is 12.8 Å². The smallest absolute Gasteiger partial charge is 0.226 e. The van der Waals surface area contributed by atoms with Gasteiger partial charge in [-0.15, -0.1) is 0 Å². The fourth-order valence-electron chi connectivity index (χ4n) is 1.23. The molecule has 1 aliphatic rings. The lowest BCUT2D eigenvalue weighted by atomic mass is 9.92. The molecule has 1 rings (SSSR count). The van der Waals surface area contributed by atoms with Gasteiger partial charge in [-0.05, 0) is 0 Å². The molecule has 0 aromatic carbocycles. The van der Waals surface area contributed by atoms with Crippen LogP contribution in [0.15, 0.2) is 0 Å². The van der Waals surface area contributed by atoms with Crippen LogP contribution in [0, 0.1) is 5.92 Å². The molecule has 1 heterocycles. The highest BCUT2D eigenvalue weighted by molar-refractivity contribution is 5.97. The van der Waals surface area contributed by atoms with Gasteiger partial charge in [0.05, 0.1) is 12.7 Å². The molecule has 0 saturated carbocycles. The molecule has 0 aromatic rings. The number of rotatable bonds is 2. The van der Waals surface area contributed by atoms with Gasteiger partial charge in [0.1, 0.15) is 0 Å². The number of carbonyl (C=O) groups is 2. The second-order valence-corrected chi connectivity index (χ2v) is 2.89. The van der Waals surface area contributed by atoms with E-state index in [1.54, 1.807) is 0 Å². The van der Waals surface area contributed by atoms with Crippen LogP contribution >= 0.6 is 0 Å². The highest BCUT2D eigenvalue weighted by atomic mass is 16.3. The summed E-state index contributed by atoms with van der Waals surface area (Å²) in [4.78, 5) is 21.6. The minimum Gasteiger partial charge on any atom is -0.394 e. The average molecular weight is 173 g/mol. The molecule has 1 fully saturated rings. The Bertz CT molecular complexity index is 188. The van der Waals surface area contributed by atoms with Crippen LogP contribution in [0.2, 0.25) is 0 Å². The van der Waals surface area contributed by atoms with Gasteiger partial charge in [-0.25, -0.2) is 0 Å². The minimum atomic E-state index is -0.972. The van der Waals surface area contributed by atoms with E-state index in [1.807, 2.05) is 0 Å². The van der Waals surface area contributed by atoms with E-state index >= 15 is 0 Å². The van der Waals surface area contributed by atoms with Crippen LogP contribution < -0.4 is 5.32 Å². The SMILES string of the molecule is O=C1CC([C@H](O)CO)CC(=O)N1. The maximum Gasteiger partial charge on any atom is 0.226 e. The quantitative estimate of drug-likeness (QED) is 0.438. The molecule has 0 aliphatic carbocycles. The summed E-state index contributed by atoms with van der Waals surface area (Å²) in [5.74, 6) is -1.20. The molecule has 0 aromatic heterocycles. The zero-order chi connectivity index (χ0) is 9.14. The Balaban J connectivity index is 2.55. The van der Waals surface area contributed by atoms with Crippen molar-refractivity contribution in [3.8, 4) is 0 Å². The third-order valence-corrected chi connectivity index (χ3v) is 1.91. The van der Waals surface area contributed by atoms with Gasteiger partial charge in [-0.3, -0.25) is 14.9 Å². The van der Waals surface area contributed by atoms with Crippen molar-refractivity contribution in [1.29, 1.82) is 0 Å². The van der Waals surface area contributed by atoms with Crippen molar-refractivity contribution in [2.45, 2.75) is 18.9 Å². The molecule has 1 saturated heterocycles.